The normalized spacial score (nSPS) is 11.5. The highest BCUT2D eigenvalue weighted by molar-refractivity contribution is 5.85. The number of esters is 1. The minimum absolute atomic E-state index is 0. The Morgan fingerprint density at radius 2 is 2.24 bits per heavy atom. The molecule has 1 atom stereocenters. The van der Waals surface area contributed by atoms with Crippen molar-refractivity contribution >= 4 is 18.4 Å². The van der Waals surface area contributed by atoms with Gasteiger partial charge in [-0.2, -0.15) is 0 Å². The molecular formula is C11H15ClFNO3. The molecule has 0 aliphatic rings. The zero-order valence-corrected chi connectivity index (χ0v) is 10.2. The summed E-state index contributed by atoms with van der Waals surface area (Å²) in [6, 6.07) is 2.87. The summed E-state index contributed by atoms with van der Waals surface area (Å²) in [7, 11) is 0. The maximum Gasteiger partial charge on any atom is 0.307 e. The van der Waals surface area contributed by atoms with Crippen LogP contribution in [0.2, 0.25) is 0 Å². The van der Waals surface area contributed by atoms with Gasteiger partial charge in [-0.1, -0.05) is 6.07 Å². The third kappa shape index (κ3) is 4.58. The Labute approximate surface area is 105 Å². The fraction of sp³-hybridized carbons (Fsp3) is 0.364. The minimum atomic E-state index is -0.764. The van der Waals surface area contributed by atoms with Crippen molar-refractivity contribution in [3.05, 3.63) is 29.6 Å². The lowest BCUT2D eigenvalue weighted by Crippen LogP contribution is -2.18. The Bertz CT molecular complexity index is 387. The summed E-state index contributed by atoms with van der Waals surface area (Å²) in [5.74, 6) is -1.27. The third-order valence-corrected chi connectivity index (χ3v) is 2.08. The highest BCUT2D eigenvalue weighted by Crippen LogP contribution is 2.22. The van der Waals surface area contributed by atoms with Gasteiger partial charge >= 0.3 is 5.97 Å². The monoisotopic (exact) mass is 263 g/mol. The van der Waals surface area contributed by atoms with Gasteiger partial charge in [-0.15, -0.1) is 12.4 Å². The SMILES string of the molecule is CCOC(=O)C[C@H](N)c1ccc(O)cc1F.Cl. The molecule has 1 aromatic rings. The summed E-state index contributed by atoms with van der Waals surface area (Å²) >= 11 is 0. The molecule has 1 rings (SSSR count). The lowest BCUT2D eigenvalue weighted by molar-refractivity contribution is -0.143. The summed E-state index contributed by atoms with van der Waals surface area (Å²) < 4.78 is 18.1. The molecule has 0 spiro atoms. The van der Waals surface area contributed by atoms with E-state index < -0.39 is 17.8 Å². The number of phenols is 1. The van der Waals surface area contributed by atoms with E-state index in [0.717, 1.165) is 6.07 Å². The standard InChI is InChI=1S/C11H14FNO3.ClH/c1-2-16-11(15)6-10(13)8-4-3-7(14)5-9(8)12;/h3-5,10,14H,2,6,13H2,1H3;1H/t10-;/m0./s1. The van der Waals surface area contributed by atoms with Gasteiger partial charge in [0.25, 0.3) is 0 Å². The molecule has 96 valence electrons. The third-order valence-electron chi connectivity index (χ3n) is 2.08. The molecule has 1 aromatic carbocycles. The predicted molar refractivity (Wildman–Crippen MR) is 63.5 cm³/mol. The number of ether oxygens (including phenoxy) is 1. The molecule has 0 aliphatic heterocycles. The van der Waals surface area contributed by atoms with Gasteiger partial charge in [0.05, 0.1) is 13.0 Å². The number of nitrogens with two attached hydrogens (primary N) is 1. The molecule has 0 saturated heterocycles. The summed E-state index contributed by atoms with van der Waals surface area (Å²) in [6.07, 6.45) is -0.0878. The Kier molecular flexibility index (Phi) is 6.53. The smallest absolute Gasteiger partial charge is 0.307 e. The van der Waals surface area contributed by atoms with Crippen LogP contribution in [0.5, 0.6) is 5.75 Å². The van der Waals surface area contributed by atoms with Crippen molar-refractivity contribution in [1.29, 1.82) is 0 Å². The molecule has 0 aromatic heterocycles. The Balaban J connectivity index is 0.00000256. The van der Waals surface area contributed by atoms with Gasteiger partial charge in [0.2, 0.25) is 0 Å². The summed E-state index contributed by atoms with van der Waals surface area (Å²) in [4.78, 5) is 11.1. The topological polar surface area (TPSA) is 72.5 Å². The number of halogens is 2. The van der Waals surface area contributed by atoms with Crippen molar-refractivity contribution in [1.82, 2.24) is 0 Å². The lowest BCUT2D eigenvalue weighted by atomic mass is 10.0. The zero-order valence-electron chi connectivity index (χ0n) is 9.35. The van der Waals surface area contributed by atoms with E-state index in [0.29, 0.717) is 0 Å². The predicted octanol–water partition coefficient (Wildman–Crippen LogP) is 1.91. The highest BCUT2D eigenvalue weighted by atomic mass is 35.5. The lowest BCUT2D eigenvalue weighted by Gasteiger charge is -2.12. The van der Waals surface area contributed by atoms with Gasteiger partial charge in [-0.3, -0.25) is 4.79 Å². The molecule has 0 saturated carbocycles. The summed E-state index contributed by atoms with van der Waals surface area (Å²) in [5.41, 5.74) is 5.84. The Hall–Kier alpha value is -1.33. The number of benzene rings is 1. The van der Waals surface area contributed by atoms with Crippen molar-refractivity contribution in [2.45, 2.75) is 19.4 Å². The van der Waals surface area contributed by atoms with Crippen LogP contribution in [0.3, 0.4) is 0 Å². The molecule has 3 N–H and O–H groups in total. The van der Waals surface area contributed by atoms with Crippen molar-refractivity contribution in [3.63, 3.8) is 0 Å². The van der Waals surface area contributed by atoms with Crippen LogP contribution in [-0.4, -0.2) is 17.7 Å². The van der Waals surface area contributed by atoms with Crippen LogP contribution < -0.4 is 5.73 Å². The van der Waals surface area contributed by atoms with Crippen LogP contribution in [0.4, 0.5) is 4.39 Å². The highest BCUT2D eigenvalue weighted by Gasteiger charge is 2.16. The number of phenolic OH excluding ortho intramolecular Hbond substituents is 1. The number of carbonyl (C=O) groups excluding carboxylic acids is 1. The molecular weight excluding hydrogens is 249 g/mol. The molecule has 0 bridgehead atoms. The van der Waals surface area contributed by atoms with E-state index in [-0.39, 0.29) is 36.7 Å². The van der Waals surface area contributed by atoms with Crippen molar-refractivity contribution in [2.24, 2.45) is 5.73 Å². The fourth-order valence-electron chi connectivity index (χ4n) is 1.33. The van der Waals surface area contributed by atoms with E-state index >= 15 is 0 Å². The van der Waals surface area contributed by atoms with E-state index in [1.165, 1.54) is 12.1 Å². The van der Waals surface area contributed by atoms with E-state index in [2.05, 4.69) is 0 Å². The number of carbonyl (C=O) groups is 1. The average molecular weight is 264 g/mol. The summed E-state index contributed by atoms with van der Waals surface area (Å²) in [5, 5.41) is 9.01. The molecule has 4 nitrogen and oxygen atoms in total. The van der Waals surface area contributed by atoms with Crippen molar-refractivity contribution in [2.75, 3.05) is 6.61 Å². The molecule has 0 fully saturated rings. The fourth-order valence-corrected chi connectivity index (χ4v) is 1.33. The van der Waals surface area contributed by atoms with Gasteiger partial charge in [-0.25, -0.2) is 4.39 Å². The Morgan fingerprint density at radius 1 is 1.59 bits per heavy atom. The van der Waals surface area contributed by atoms with E-state index in [1.807, 2.05) is 0 Å². The van der Waals surface area contributed by atoms with Gasteiger partial charge < -0.3 is 15.6 Å². The molecule has 17 heavy (non-hydrogen) atoms. The van der Waals surface area contributed by atoms with Crippen LogP contribution in [0, 0.1) is 5.82 Å². The first-order valence-corrected chi connectivity index (χ1v) is 4.94. The molecule has 0 amide bonds. The molecule has 0 radical (unpaired) electrons. The van der Waals surface area contributed by atoms with Gasteiger partial charge in [-0.05, 0) is 13.0 Å². The quantitative estimate of drug-likeness (QED) is 0.814. The maximum absolute atomic E-state index is 13.3. The second kappa shape index (κ2) is 7.09. The van der Waals surface area contributed by atoms with Gasteiger partial charge in [0, 0.05) is 17.7 Å². The molecule has 0 heterocycles. The Morgan fingerprint density at radius 3 is 2.76 bits per heavy atom. The van der Waals surface area contributed by atoms with Crippen LogP contribution in [0.25, 0.3) is 0 Å². The minimum Gasteiger partial charge on any atom is -0.508 e. The number of hydrogen-bond acceptors (Lipinski definition) is 4. The number of rotatable bonds is 4. The first-order valence-electron chi connectivity index (χ1n) is 4.94. The van der Waals surface area contributed by atoms with Crippen LogP contribution in [-0.2, 0) is 9.53 Å². The van der Waals surface area contributed by atoms with Crippen molar-refractivity contribution in [3.8, 4) is 5.75 Å². The first-order chi connectivity index (χ1) is 7.54. The molecule has 6 heteroatoms. The molecule has 0 unspecified atom stereocenters. The van der Waals surface area contributed by atoms with Crippen LogP contribution >= 0.6 is 12.4 Å². The van der Waals surface area contributed by atoms with E-state index in [1.54, 1.807) is 6.92 Å². The maximum atomic E-state index is 13.3. The number of hydrogen-bond donors (Lipinski definition) is 2. The van der Waals surface area contributed by atoms with E-state index in [9.17, 15) is 9.18 Å². The largest absolute Gasteiger partial charge is 0.508 e. The summed E-state index contributed by atoms with van der Waals surface area (Å²) in [6.45, 7) is 1.95. The second-order valence-electron chi connectivity index (χ2n) is 3.32. The second-order valence-corrected chi connectivity index (χ2v) is 3.32. The first kappa shape index (κ1) is 15.7. The zero-order chi connectivity index (χ0) is 12.1. The average Bonchev–Trinajstić information content (AvgIpc) is 2.17. The van der Waals surface area contributed by atoms with Crippen LogP contribution in [0.15, 0.2) is 18.2 Å². The van der Waals surface area contributed by atoms with Gasteiger partial charge in [0.1, 0.15) is 11.6 Å². The number of aromatic hydroxyl groups is 1. The van der Waals surface area contributed by atoms with Gasteiger partial charge in [0.15, 0.2) is 0 Å². The van der Waals surface area contributed by atoms with Crippen LogP contribution in [0.1, 0.15) is 24.9 Å². The molecule has 0 aliphatic carbocycles. The van der Waals surface area contributed by atoms with E-state index in [4.69, 9.17) is 15.6 Å². The van der Waals surface area contributed by atoms with Crippen molar-refractivity contribution < 1.29 is 19.0 Å².